The first-order valence-corrected chi connectivity index (χ1v) is 7.13. The molecule has 0 radical (unpaired) electrons. The zero-order valence-corrected chi connectivity index (χ0v) is 13.0. The van der Waals surface area contributed by atoms with E-state index in [1.807, 2.05) is 0 Å². The van der Waals surface area contributed by atoms with E-state index in [4.69, 9.17) is 9.15 Å². The SMILES string of the molecule is COCCN(Cc1ccoc1)C(=O)Nc1ccc(C(F)(F)F)cc1. The Morgan fingerprint density at radius 3 is 2.50 bits per heavy atom. The van der Waals surface area contributed by atoms with Crippen LogP contribution in [0.5, 0.6) is 0 Å². The van der Waals surface area contributed by atoms with E-state index in [1.54, 1.807) is 6.07 Å². The maximum Gasteiger partial charge on any atom is 0.416 e. The second kappa shape index (κ2) is 7.87. The number of nitrogens with zero attached hydrogens (tertiary/aromatic N) is 1. The van der Waals surface area contributed by atoms with Crippen LogP contribution in [0.3, 0.4) is 0 Å². The second-order valence-corrected chi connectivity index (χ2v) is 5.05. The number of carbonyl (C=O) groups is 1. The summed E-state index contributed by atoms with van der Waals surface area (Å²) in [7, 11) is 1.52. The number of hydrogen-bond acceptors (Lipinski definition) is 3. The van der Waals surface area contributed by atoms with Gasteiger partial charge in [-0.15, -0.1) is 0 Å². The Bertz CT molecular complexity index is 640. The van der Waals surface area contributed by atoms with Gasteiger partial charge >= 0.3 is 12.2 Å². The van der Waals surface area contributed by atoms with Gasteiger partial charge in [0.15, 0.2) is 0 Å². The largest absolute Gasteiger partial charge is 0.472 e. The zero-order valence-electron chi connectivity index (χ0n) is 13.0. The van der Waals surface area contributed by atoms with Crippen LogP contribution < -0.4 is 5.32 Å². The van der Waals surface area contributed by atoms with Gasteiger partial charge in [-0.25, -0.2) is 4.79 Å². The molecule has 2 amide bonds. The van der Waals surface area contributed by atoms with Gasteiger partial charge in [0.1, 0.15) is 0 Å². The van der Waals surface area contributed by atoms with Crippen LogP contribution in [0.15, 0.2) is 47.3 Å². The summed E-state index contributed by atoms with van der Waals surface area (Å²) in [6.45, 7) is 0.957. The summed E-state index contributed by atoms with van der Waals surface area (Å²) in [5, 5.41) is 2.58. The van der Waals surface area contributed by atoms with Gasteiger partial charge in [0.2, 0.25) is 0 Å². The number of rotatable bonds is 6. The maximum atomic E-state index is 12.5. The molecule has 5 nitrogen and oxygen atoms in total. The number of carbonyl (C=O) groups excluding carboxylic acids is 1. The Balaban J connectivity index is 2.03. The molecule has 1 heterocycles. The molecular formula is C16H17F3N2O3. The van der Waals surface area contributed by atoms with E-state index in [0.717, 1.165) is 17.7 Å². The second-order valence-electron chi connectivity index (χ2n) is 5.05. The number of urea groups is 1. The number of benzene rings is 1. The number of methoxy groups -OCH3 is 1. The first kappa shape index (κ1) is 17.9. The number of furan rings is 1. The predicted molar refractivity (Wildman–Crippen MR) is 81.5 cm³/mol. The van der Waals surface area contributed by atoms with Crippen LogP contribution in [-0.2, 0) is 17.5 Å². The van der Waals surface area contributed by atoms with Crippen molar-refractivity contribution in [3.63, 3.8) is 0 Å². The number of nitrogens with one attached hydrogen (secondary N) is 1. The van der Waals surface area contributed by atoms with Crippen molar-refractivity contribution in [3.05, 3.63) is 54.0 Å². The molecule has 0 aliphatic rings. The minimum atomic E-state index is -4.41. The highest BCUT2D eigenvalue weighted by atomic mass is 19.4. The smallest absolute Gasteiger partial charge is 0.416 e. The van der Waals surface area contributed by atoms with Crippen LogP contribution in [0.1, 0.15) is 11.1 Å². The molecule has 0 fully saturated rings. The van der Waals surface area contributed by atoms with Crippen molar-refractivity contribution in [1.82, 2.24) is 4.90 Å². The fraction of sp³-hybridized carbons (Fsp3) is 0.312. The fourth-order valence-electron chi connectivity index (χ4n) is 2.00. The van der Waals surface area contributed by atoms with Gasteiger partial charge in [-0.1, -0.05) is 0 Å². The molecule has 1 aromatic carbocycles. The standard InChI is InChI=1S/C16H17F3N2O3/c1-23-9-7-21(10-12-6-8-24-11-12)15(22)20-14-4-2-13(3-5-14)16(17,18)19/h2-6,8,11H,7,9-10H2,1H3,(H,20,22). The highest BCUT2D eigenvalue weighted by molar-refractivity contribution is 5.89. The summed E-state index contributed by atoms with van der Waals surface area (Å²) in [4.78, 5) is 13.8. The van der Waals surface area contributed by atoms with E-state index in [0.29, 0.717) is 19.7 Å². The van der Waals surface area contributed by atoms with Crippen molar-refractivity contribution in [2.45, 2.75) is 12.7 Å². The predicted octanol–water partition coefficient (Wildman–Crippen LogP) is 3.98. The zero-order chi connectivity index (χ0) is 17.6. The van der Waals surface area contributed by atoms with E-state index in [1.165, 1.54) is 36.7 Å². The number of halogens is 3. The van der Waals surface area contributed by atoms with Crippen LogP contribution in [-0.4, -0.2) is 31.2 Å². The van der Waals surface area contributed by atoms with Gasteiger partial charge < -0.3 is 19.4 Å². The van der Waals surface area contributed by atoms with Gasteiger partial charge in [-0.2, -0.15) is 13.2 Å². The van der Waals surface area contributed by atoms with Crippen molar-refractivity contribution in [2.24, 2.45) is 0 Å². The van der Waals surface area contributed by atoms with Gasteiger partial charge in [-0.3, -0.25) is 0 Å². The molecule has 24 heavy (non-hydrogen) atoms. The van der Waals surface area contributed by atoms with Gasteiger partial charge in [0.25, 0.3) is 0 Å². The van der Waals surface area contributed by atoms with E-state index in [2.05, 4.69) is 5.32 Å². The van der Waals surface area contributed by atoms with E-state index in [-0.39, 0.29) is 5.69 Å². The van der Waals surface area contributed by atoms with Crippen LogP contribution in [0, 0.1) is 0 Å². The molecule has 2 aromatic rings. The average molecular weight is 342 g/mol. The molecule has 0 aliphatic heterocycles. The third-order valence-corrected chi connectivity index (χ3v) is 3.27. The molecule has 1 aromatic heterocycles. The fourth-order valence-corrected chi connectivity index (χ4v) is 2.00. The third kappa shape index (κ3) is 5.02. The molecule has 0 saturated carbocycles. The van der Waals surface area contributed by atoms with Crippen LogP contribution in [0.2, 0.25) is 0 Å². The Hall–Kier alpha value is -2.48. The molecule has 8 heteroatoms. The number of alkyl halides is 3. The summed E-state index contributed by atoms with van der Waals surface area (Å²) in [5.41, 5.74) is 0.311. The van der Waals surface area contributed by atoms with Crippen molar-refractivity contribution in [1.29, 1.82) is 0 Å². The Kier molecular flexibility index (Phi) is 5.86. The molecule has 0 atom stereocenters. The van der Waals surface area contributed by atoms with Gasteiger partial charge in [-0.05, 0) is 30.3 Å². The van der Waals surface area contributed by atoms with Crippen LogP contribution >= 0.6 is 0 Å². The van der Waals surface area contributed by atoms with Crippen molar-refractivity contribution in [2.75, 3.05) is 25.6 Å². The van der Waals surface area contributed by atoms with Crippen molar-refractivity contribution in [3.8, 4) is 0 Å². The maximum absolute atomic E-state index is 12.5. The summed E-state index contributed by atoms with van der Waals surface area (Å²) in [6, 6.07) is 5.56. The lowest BCUT2D eigenvalue weighted by Crippen LogP contribution is -2.36. The van der Waals surface area contributed by atoms with Crippen LogP contribution in [0.25, 0.3) is 0 Å². The first-order chi connectivity index (χ1) is 11.4. The lowest BCUT2D eigenvalue weighted by molar-refractivity contribution is -0.137. The summed E-state index contributed by atoms with van der Waals surface area (Å²) in [5.74, 6) is 0. The monoisotopic (exact) mass is 342 g/mol. The molecular weight excluding hydrogens is 325 g/mol. The van der Waals surface area contributed by atoms with Gasteiger partial charge in [0.05, 0.1) is 31.2 Å². The molecule has 1 N–H and O–H groups in total. The lowest BCUT2D eigenvalue weighted by atomic mass is 10.2. The minimum Gasteiger partial charge on any atom is -0.472 e. The summed E-state index contributed by atoms with van der Waals surface area (Å²) in [6.07, 6.45) is -1.39. The summed E-state index contributed by atoms with van der Waals surface area (Å²) < 4.78 is 47.6. The Morgan fingerprint density at radius 1 is 1.25 bits per heavy atom. The van der Waals surface area contributed by atoms with E-state index in [9.17, 15) is 18.0 Å². The van der Waals surface area contributed by atoms with E-state index < -0.39 is 17.8 Å². The number of hydrogen-bond donors (Lipinski definition) is 1. The molecule has 0 spiro atoms. The molecule has 0 bridgehead atoms. The quantitative estimate of drug-likeness (QED) is 0.864. The molecule has 2 rings (SSSR count). The Labute approximate surface area is 137 Å². The lowest BCUT2D eigenvalue weighted by Gasteiger charge is -2.22. The van der Waals surface area contributed by atoms with Crippen molar-refractivity contribution < 1.29 is 27.1 Å². The highest BCUT2D eigenvalue weighted by Gasteiger charge is 2.30. The minimum absolute atomic E-state index is 0.280. The highest BCUT2D eigenvalue weighted by Crippen LogP contribution is 2.29. The molecule has 130 valence electrons. The van der Waals surface area contributed by atoms with Gasteiger partial charge in [0, 0.05) is 24.9 Å². The normalized spacial score (nSPS) is 11.3. The van der Waals surface area contributed by atoms with E-state index >= 15 is 0 Å². The molecule has 0 aliphatic carbocycles. The Morgan fingerprint density at radius 2 is 1.96 bits per heavy atom. The molecule has 0 saturated heterocycles. The topological polar surface area (TPSA) is 54.7 Å². The number of anilines is 1. The average Bonchev–Trinajstić information content (AvgIpc) is 3.04. The summed E-state index contributed by atoms with van der Waals surface area (Å²) >= 11 is 0. The third-order valence-electron chi connectivity index (χ3n) is 3.27. The van der Waals surface area contributed by atoms with Crippen molar-refractivity contribution >= 4 is 11.7 Å². The van der Waals surface area contributed by atoms with Crippen LogP contribution in [0.4, 0.5) is 23.7 Å². The number of amides is 2. The molecule has 0 unspecified atom stereocenters. The first-order valence-electron chi connectivity index (χ1n) is 7.13. The number of ether oxygens (including phenoxy) is 1.